The Morgan fingerprint density at radius 1 is 0.250 bits per heavy atom. The molecule has 5 heteroatoms. The summed E-state index contributed by atoms with van der Waals surface area (Å²) in [5, 5.41) is 3.77. The zero-order valence-electron chi connectivity index (χ0n) is 39.3. The Hall–Kier alpha value is -9.58. The van der Waals surface area contributed by atoms with Crippen molar-refractivity contribution in [2.75, 3.05) is 0 Å². The molecule has 72 heavy (non-hydrogen) atoms. The third-order valence-corrected chi connectivity index (χ3v) is 13.2. The Bertz CT molecular complexity index is 3760. The van der Waals surface area contributed by atoms with Gasteiger partial charge in [-0.1, -0.05) is 237 Å². The van der Waals surface area contributed by atoms with Gasteiger partial charge in [-0.05, 0) is 103 Å². The van der Waals surface area contributed by atoms with Gasteiger partial charge in [-0.15, -0.1) is 0 Å². The van der Waals surface area contributed by atoms with Crippen LogP contribution in [0.15, 0.2) is 278 Å². The molecule has 0 bridgehead atoms. The normalized spacial score (nSPS) is 13.1. The summed E-state index contributed by atoms with van der Waals surface area (Å²) in [6.07, 6.45) is 1.86. The van der Waals surface area contributed by atoms with E-state index in [1.807, 2.05) is 12.1 Å². The number of rotatable bonds is 11. The molecule has 0 radical (unpaired) electrons. The summed E-state index contributed by atoms with van der Waals surface area (Å²) in [6, 6.07) is 93.4. The smallest absolute Gasteiger partial charge is 0.164 e. The molecule has 0 fully saturated rings. The Morgan fingerprint density at radius 2 is 0.569 bits per heavy atom. The van der Waals surface area contributed by atoms with E-state index < -0.39 is 0 Å². The fourth-order valence-corrected chi connectivity index (χ4v) is 9.40. The number of allylic oxidation sites excluding steroid dienone is 1. The molecule has 11 aromatic rings. The van der Waals surface area contributed by atoms with Crippen molar-refractivity contribution >= 4 is 11.4 Å². The van der Waals surface area contributed by atoms with E-state index in [-0.39, 0.29) is 6.17 Å². The summed E-state index contributed by atoms with van der Waals surface area (Å²) in [4.78, 5) is 20.8. The first-order chi connectivity index (χ1) is 35.6. The maximum Gasteiger partial charge on any atom is 0.164 e. The zero-order valence-corrected chi connectivity index (χ0v) is 39.3. The highest BCUT2D eigenvalue weighted by atomic mass is 15.1. The van der Waals surface area contributed by atoms with Crippen molar-refractivity contribution in [2.45, 2.75) is 6.17 Å². The number of benzene rings is 10. The first-order valence-corrected chi connectivity index (χ1v) is 24.3. The minimum absolute atomic E-state index is 0.307. The first-order valence-electron chi connectivity index (χ1n) is 24.3. The van der Waals surface area contributed by atoms with Crippen LogP contribution in [0, 0.1) is 0 Å². The number of hydrogen-bond donors (Lipinski definition) is 1. The highest BCUT2D eigenvalue weighted by molar-refractivity contribution is 6.13. The minimum atomic E-state index is -0.307. The number of hydrogen-bond acceptors (Lipinski definition) is 5. The van der Waals surface area contributed by atoms with Gasteiger partial charge in [-0.3, -0.25) is 4.99 Å². The molecule has 1 aliphatic heterocycles. The van der Waals surface area contributed by atoms with Crippen molar-refractivity contribution in [3.63, 3.8) is 0 Å². The van der Waals surface area contributed by atoms with E-state index in [1.54, 1.807) is 0 Å². The van der Waals surface area contributed by atoms with Crippen LogP contribution in [0.4, 0.5) is 0 Å². The van der Waals surface area contributed by atoms with Gasteiger partial charge in [0.25, 0.3) is 0 Å². The molecule has 10 aromatic carbocycles. The van der Waals surface area contributed by atoms with Gasteiger partial charge in [0.2, 0.25) is 0 Å². The lowest BCUT2D eigenvalue weighted by Gasteiger charge is -2.25. The van der Waals surface area contributed by atoms with Crippen LogP contribution in [0.25, 0.3) is 95.5 Å². The monoisotopic (exact) mass is 921 g/mol. The van der Waals surface area contributed by atoms with Gasteiger partial charge < -0.3 is 5.32 Å². The van der Waals surface area contributed by atoms with Gasteiger partial charge in [0.05, 0.1) is 5.71 Å². The van der Waals surface area contributed by atoms with Crippen LogP contribution in [-0.2, 0) is 0 Å². The Balaban J connectivity index is 0.880. The summed E-state index contributed by atoms with van der Waals surface area (Å²) in [5.41, 5.74) is 19.2. The first kappa shape index (κ1) is 43.7. The average molecular weight is 922 g/mol. The fourth-order valence-electron chi connectivity index (χ4n) is 9.40. The maximum atomic E-state index is 5.37. The molecule has 340 valence electrons. The second-order valence-electron chi connectivity index (χ2n) is 17.9. The molecule has 0 aliphatic carbocycles. The van der Waals surface area contributed by atoms with Crippen LogP contribution >= 0.6 is 0 Å². The van der Waals surface area contributed by atoms with Gasteiger partial charge >= 0.3 is 0 Å². The summed E-state index contributed by atoms with van der Waals surface area (Å²) >= 11 is 0. The van der Waals surface area contributed by atoms with E-state index in [9.17, 15) is 0 Å². The molecule has 0 saturated heterocycles. The van der Waals surface area contributed by atoms with Crippen LogP contribution in [0.5, 0.6) is 0 Å². The largest absolute Gasteiger partial charge is 0.360 e. The average Bonchev–Trinajstić information content (AvgIpc) is 3.48. The summed E-state index contributed by atoms with van der Waals surface area (Å²) in [6.45, 7) is 0. The molecular weight excluding hydrogens is 875 g/mol. The Morgan fingerprint density at radius 3 is 1.07 bits per heavy atom. The molecule has 1 unspecified atom stereocenters. The Kier molecular flexibility index (Phi) is 12.0. The minimum Gasteiger partial charge on any atom is -0.360 e. The van der Waals surface area contributed by atoms with Gasteiger partial charge in [0, 0.05) is 28.0 Å². The van der Waals surface area contributed by atoms with E-state index in [1.165, 1.54) is 5.56 Å². The van der Waals surface area contributed by atoms with Crippen molar-refractivity contribution in [1.82, 2.24) is 20.3 Å². The van der Waals surface area contributed by atoms with Gasteiger partial charge in [-0.25, -0.2) is 15.0 Å². The lowest BCUT2D eigenvalue weighted by molar-refractivity contribution is 0.664. The Labute approximate surface area is 420 Å². The second kappa shape index (κ2) is 19.8. The van der Waals surface area contributed by atoms with Crippen molar-refractivity contribution in [2.24, 2.45) is 4.99 Å². The second-order valence-corrected chi connectivity index (χ2v) is 17.9. The van der Waals surface area contributed by atoms with Gasteiger partial charge in [-0.2, -0.15) is 0 Å². The topological polar surface area (TPSA) is 63.1 Å². The number of nitrogens with one attached hydrogen (secondary N) is 1. The standard InChI is InChI=1S/C67H47N5/c1-5-18-46(19-6-1)49-36-38-51(39-37-49)64-70-66(60-34-15-27-53(42-60)48-22-9-3-10-23-48)72-67(71-64)61-35-17-31-57(44-61)55-29-13-28-54(40-55)56-30-16-33-59(43-56)65-68-62(50-24-11-4-12-25-50)45-63(69-65)58-32-14-26-52(41-58)47-20-7-2-8-21-47/h1-45,65,68H. The van der Waals surface area contributed by atoms with Gasteiger partial charge in [0.1, 0.15) is 6.17 Å². The molecule has 0 spiro atoms. The van der Waals surface area contributed by atoms with Crippen molar-refractivity contribution in [1.29, 1.82) is 0 Å². The van der Waals surface area contributed by atoms with E-state index in [0.29, 0.717) is 17.5 Å². The predicted octanol–water partition coefficient (Wildman–Crippen LogP) is 16.3. The zero-order chi connectivity index (χ0) is 48.1. The molecule has 1 aliphatic rings. The number of nitrogens with zero attached hydrogens (tertiary/aromatic N) is 4. The molecular formula is C67H47N5. The summed E-state index contributed by atoms with van der Waals surface area (Å²) in [5.74, 6) is 1.83. The molecule has 1 atom stereocenters. The highest BCUT2D eigenvalue weighted by Crippen LogP contribution is 2.35. The fraction of sp³-hybridized carbons (Fsp3) is 0.0149. The van der Waals surface area contributed by atoms with Crippen molar-refractivity contribution < 1.29 is 0 Å². The van der Waals surface area contributed by atoms with Crippen LogP contribution in [0.2, 0.25) is 0 Å². The lowest BCUT2D eigenvalue weighted by atomic mass is 9.95. The van der Waals surface area contributed by atoms with Crippen LogP contribution in [0.3, 0.4) is 0 Å². The molecule has 1 aromatic heterocycles. The highest BCUT2D eigenvalue weighted by Gasteiger charge is 2.21. The molecule has 1 N–H and O–H groups in total. The number of aliphatic imine (C=N–C) groups is 1. The van der Waals surface area contributed by atoms with Crippen LogP contribution < -0.4 is 5.32 Å². The van der Waals surface area contributed by atoms with E-state index in [2.05, 4.69) is 266 Å². The SMILES string of the molecule is C1=C(c2ccccc2)NC(c2cccc(-c3cccc(-c4cccc(-c5nc(-c6ccc(-c7ccccc7)cc6)nc(-c6cccc(-c7ccccc7)c6)n5)c4)c3)c2)N=C1c1cccc(-c2ccccc2)c1. The van der Waals surface area contributed by atoms with E-state index in [0.717, 1.165) is 94.9 Å². The van der Waals surface area contributed by atoms with Crippen LogP contribution in [-0.4, -0.2) is 20.7 Å². The van der Waals surface area contributed by atoms with E-state index >= 15 is 0 Å². The number of aromatic nitrogens is 3. The van der Waals surface area contributed by atoms with E-state index in [4.69, 9.17) is 19.9 Å². The molecule has 0 amide bonds. The summed E-state index contributed by atoms with van der Waals surface area (Å²) in [7, 11) is 0. The van der Waals surface area contributed by atoms with Crippen molar-refractivity contribution in [3.8, 4) is 89.8 Å². The lowest BCUT2D eigenvalue weighted by Crippen LogP contribution is -2.24. The van der Waals surface area contributed by atoms with Gasteiger partial charge in [0.15, 0.2) is 17.5 Å². The molecule has 2 heterocycles. The van der Waals surface area contributed by atoms with Crippen LogP contribution in [0.1, 0.15) is 22.9 Å². The molecule has 12 rings (SSSR count). The molecule has 0 saturated carbocycles. The maximum absolute atomic E-state index is 5.37. The quantitative estimate of drug-likeness (QED) is 0.140. The molecule has 5 nitrogen and oxygen atoms in total. The third kappa shape index (κ3) is 9.43. The predicted molar refractivity (Wildman–Crippen MR) is 297 cm³/mol. The third-order valence-electron chi connectivity index (χ3n) is 13.2. The summed E-state index contributed by atoms with van der Waals surface area (Å²) < 4.78 is 0. The van der Waals surface area contributed by atoms with Crippen molar-refractivity contribution in [3.05, 3.63) is 290 Å².